The Hall–Kier alpha value is -4.16. The standard InChI is InChI=1S/C35H34ClN3O3/c1-21-17-24(36)18-28-31(21)38-29(19-37-28)25-7-5-6-8-26(25)32(40)39-16-14-30-34(2,3)27(13-15-35(30,4)20-39)22-9-11-23(12-10-22)33(41)42/h5-14,17-18,37H,15-16,19-20H2,1-4H3,(H,41,42)/t35-/m1/s1. The van der Waals surface area contributed by atoms with Crippen LogP contribution in [0, 0.1) is 17.8 Å². The van der Waals surface area contributed by atoms with Crippen molar-refractivity contribution in [2.75, 3.05) is 25.0 Å². The molecule has 0 spiro atoms. The van der Waals surface area contributed by atoms with Gasteiger partial charge in [-0.3, -0.25) is 4.79 Å². The highest BCUT2D eigenvalue weighted by atomic mass is 35.5. The van der Waals surface area contributed by atoms with Crippen LogP contribution in [0.5, 0.6) is 0 Å². The third-order valence-corrected chi connectivity index (χ3v) is 9.18. The van der Waals surface area contributed by atoms with Crippen LogP contribution < -0.4 is 5.32 Å². The second-order valence-electron chi connectivity index (χ2n) is 12.3. The molecule has 6 rings (SSSR count). The molecular formula is C35H34ClN3O3. The van der Waals surface area contributed by atoms with Gasteiger partial charge < -0.3 is 15.3 Å². The van der Waals surface area contributed by atoms with Gasteiger partial charge in [0.1, 0.15) is 0 Å². The van der Waals surface area contributed by atoms with E-state index in [9.17, 15) is 14.7 Å². The SMILES string of the molecule is Cc1cc(Cl)cc2c1N=C(c1ccccc1C(=O)N1CC=C3C(C)(C)C(c4ccc(C(=O)O)cc4)=CC[C@]3(C)C1)CN2. The largest absolute Gasteiger partial charge is 0.478 e. The zero-order chi connectivity index (χ0) is 29.8. The molecule has 2 aliphatic heterocycles. The lowest BCUT2D eigenvalue weighted by Gasteiger charge is -2.50. The molecule has 0 aromatic heterocycles. The monoisotopic (exact) mass is 579 g/mol. The molecule has 3 aromatic rings. The van der Waals surface area contributed by atoms with Crippen molar-refractivity contribution in [1.29, 1.82) is 0 Å². The first-order valence-corrected chi connectivity index (χ1v) is 14.6. The molecule has 2 heterocycles. The number of rotatable bonds is 4. The van der Waals surface area contributed by atoms with Gasteiger partial charge in [0.05, 0.1) is 29.2 Å². The molecule has 2 N–H and O–H groups in total. The minimum atomic E-state index is -0.927. The Labute approximate surface area is 251 Å². The fourth-order valence-corrected chi connectivity index (χ4v) is 7.25. The predicted octanol–water partition coefficient (Wildman–Crippen LogP) is 7.79. The zero-order valence-electron chi connectivity index (χ0n) is 24.3. The molecule has 1 atom stereocenters. The molecule has 7 heteroatoms. The molecule has 214 valence electrons. The number of carbonyl (C=O) groups is 2. The van der Waals surface area contributed by atoms with Crippen molar-refractivity contribution in [3.8, 4) is 0 Å². The summed E-state index contributed by atoms with van der Waals surface area (Å²) in [6, 6.07) is 18.6. The molecule has 3 aromatic carbocycles. The summed E-state index contributed by atoms with van der Waals surface area (Å²) in [5.41, 5.74) is 8.40. The van der Waals surface area contributed by atoms with E-state index in [0.717, 1.165) is 40.2 Å². The van der Waals surface area contributed by atoms with E-state index < -0.39 is 5.97 Å². The number of hydrogen-bond acceptors (Lipinski definition) is 4. The lowest BCUT2D eigenvalue weighted by molar-refractivity contribution is 0.0678. The Bertz CT molecular complexity index is 1720. The first kappa shape index (κ1) is 28.0. The molecule has 0 saturated heterocycles. The van der Waals surface area contributed by atoms with E-state index in [-0.39, 0.29) is 22.3 Å². The molecule has 0 saturated carbocycles. The maximum Gasteiger partial charge on any atom is 0.335 e. The molecule has 0 bridgehead atoms. The smallest absolute Gasteiger partial charge is 0.335 e. The van der Waals surface area contributed by atoms with E-state index in [2.05, 4.69) is 38.2 Å². The first-order chi connectivity index (χ1) is 20.0. The van der Waals surface area contributed by atoms with Crippen LogP contribution in [0.3, 0.4) is 0 Å². The van der Waals surface area contributed by atoms with Gasteiger partial charge in [-0.25, -0.2) is 9.79 Å². The fraction of sp³-hybridized carbons (Fsp3) is 0.286. The molecule has 0 radical (unpaired) electrons. The molecule has 1 amide bonds. The predicted molar refractivity (Wildman–Crippen MR) is 169 cm³/mol. The summed E-state index contributed by atoms with van der Waals surface area (Å²) >= 11 is 6.25. The van der Waals surface area contributed by atoms with Crippen LogP contribution in [-0.4, -0.2) is 47.2 Å². The lowest BCUT2D eigenvalue weighted by Crippen LogP contribution is -2.49. The van der Waals surface area contributed by atoms with Gasteiger partial charge in [-0.1, -0.05) is 80.4 Å². The van der Waals surface area contributed by atoms with Gasteiger partial charge >= 0.3 is 5.97 Å². The Morgan fingerprint density at radius 3 is 2.50 bits per heavy atom. The number of amides is 1. The molecule has 0 unspecified atom stereocenters. The third kappa shape index (κ3) is 4.74. The number of aliphatic imine (C=N–C) groups is 1. The van der Waals surface area contributed by atoms with Gasteiger partial charge in [0.25, 0.3) is 5.91 Å². The maximum absolute atomic E-state index is 14.1. The Morgan fingerprint density at radius 2 is 1.76 bits per heavy atom. The number of allylic oxidation sites excluding steroid dienone is 2. The number of aryl methyl sites for hydroxylation is 1. The van der Waals surface area contributed by atoms with Crippen LogP contribution in [0.2, 0.25) is 5.02 Å². The summed E-state index contributed by atoms with van der Waals surface area (Å²) in [5.74, 6) is -0.927. The zero-order valence-corrected chi connectivity index (χ0v) is 25.0. The van der Waals surface area contributed by atoms with Crippen LogP contribution in [0.15, 0.2) is 83.4 Å². The van der Waals surface area contributed by atoms with Crippen LogP contribution in [0.25, 0.3) is 5.57 Å². The van der Waals surface area contributed by atoms with Crippen LogP contribution in [0.4, 0.5) is 11.4 Å². The number of anilines is 1. The lowest BCUT2D eigenvalue weighted by atomic mass is 9.58. The Morgan fingerprint density at radius 1 is 1.02 bits per heavy atom. The number of hydrogen-bond donors (Lipinski definition) is 2. The van der Waals surface area contributed by atoms with Crippen molar-refractivity contribution < 1.29 is 14.7 Å². The van der Waals surface area contributed by atoms with Gasteiger partial charge in [0.15, 0.2) is 0 Å². The van der Waals surface area contributed by atoms with Crippen molar-refractivity contribution in [2.24, 2.45) is 15.8 Å². The quantitative estimate of drug-likeness (QED) is 0.309. The third-order valence-electron chi connectivity index (χ3n) is 8.97. The Kier molecular flexibility index (Phi) is 6.85. The number of fused-ring (bicyclic) bond motifs is 2. The second-order valence-corrected chi connectivity index (χ2v) is 12.7. The van der Waals surface area contributed by atoms with E-state index in [0.29, 0.717) is 30.2 Å². The van der Waals surface area contributed by atoms with Crippen LogP contribution in [0.1, 0.15) is 64.6 Å². The average molecular weight is 580 g/mol. The summed E-state index contributed by atoms with van der Waals surface area (Å²) < 4.78 is 0. The maximum atomic E-state index is 14.1. The number of halogens is 1. The van der Waals surface area contributed by atoms with Crippen molar-refractivity contribution >= 4 is 46.1 Å². The minimum absolute atomic E-state index is 0.000270. The highest BCUT2D eigenvalue weighted by Gasteiger charge is 2.46. The van der Waals surface area contributed by atoms with Gasteiger partial charge in [0.2, 0.25) is 0 Å². The van der Waals surface area contributed by atoms with E-state index in [1.807, 2.05) is 60.4 Å². The molecule has 3 aliphatic rings. The van der Waals surface area contributed by atoms with E-state index >= 15 is 0 Å². The van der Waals surface area contributed by atoms with Crippen molar-refractivity contribution in [1.82, 2.24) is 4.90 Å². The minimum Gasteiger partial charge on any atom is -0.478 e. The fourth-order valence-electron chi connectivity index (χ4n) is 6.98. The molecular weight excluding hydrogens is 546 g/mol. The van der Waals surface area contributed by atoms with Crippen molar-refractivity contribution in [3.63, 3.8) is 0 Å². The number of nitrogens with one attached hydrogen (secondary N) is 1. The summed E-state index contributed by atoms with van der Waals surface area (Å²) in [5, 5.41) is 13.4. The highest BCUT2D eigenvalue weighted by molar-refractivity contribution is 6.31. The second kappa shape index (κ2) is 10.3. The van der Waals surface area contributed by atoms with E-state index in [1.165, 1.54) is 11.1 Å². The van der Waals surface area contributed by atoms with Crippen LogP contribution in [-0.2, 0) is 0 Å². The average Bonchev–Trinajstić information content (AvgIpc) is 2.96. The number of nitrogens with zero attached hydrogens (tertiary/aromatic N) is 2. The summed E-state index contributed by atoms with van der Waals surface area (Å²) in [6.45, 7) is 10.3. The summed E-state index contributed by atoms with van der Waals surface area (Å²) in [6.07, 6.45) is 5.29. The normalized spacial score (nSPS) is 20.8. The summed E-state index contributed by atoms with van der Waals surface area (Å²) in [7, 11) is 0. The van der Waals surface area contributed by atoms with Gasteiger partial charge in [-0.15, -0.1) is 0 Å². The topological polar surface area (TPSA) is 82.0 Å². The first-order valence-electron chi connectivity index (χ1n) is 14.2. The van der Waals surface area contributed by atoms with Gasteiger partial charge in [-0.05, 0) is 60.4 Å². The summed E-state index contributed by atoms with van der Waals surface area (Å²) in [4.78, 5) is 32.4. The molecule has 1 aliphatic carbocycles. The van der Waals surface area contributed by atoms with E-state index in [4.69, 9.17) is 16.6 Å². The number of aromatic carboxylic acids is 1. The van der Waals surface area contributed by atoms with Gasteiger partial charge in [-0.2, -0.15) is 0 Å². The van der Waals surface area contributed by atoms with Crippen molar-refractivity contribution in [3.05, 3.63) is 111 Å². The number of carboxylic acid groups (broad SMARTS) is 1. The highest BCUT2D eigenvalue weighted by Crippen LogP contribution is 2.55. The number of carboxylic acids is 1. The number of carbonyl (C=O) groups excluding carboxylic acids is 1. The van der Waals surface area contributed by atoms with Crippen molar-refractivity contribution in [2.45, 2.75) is 34.1 Å². The molecule has 0 fully saturated rings. The molecule has 6 nitrogen and oxygen atoms in total. The number of benzene rings is 3. The van der Waals surface area contributed by atoms with E-state index in [1.54, 1.807) is 12.1 Å². The Balaban J connectivity index is 1.29. The van der Waals surface area contributed by atoms with Crippen LogP contribution >= 0.6 is 11.6 Å². The van der Waals surface area contributed by atoms with Gasteiger partial charge in [0, 0.05) is 40.1 Å². The molecule has 42 heavy (non-hydrogen) atoms.